The largest absolute Gasteiger partial charge is 0.495 e. The molecule has 0 saturated heterocycles. The molecule has 0 aliphatic carbocycles. The predicted octanol–water partition coefficient (Wildman–Crippen LogP) is 9.23. The predicted molar refractivity (Wildman–Crippen MR) is 263 cm³/mol. The highest BCUT2D eigenvalue weighted by Crippen LogP contribution is 2.35. The first-order valence-corrected chi connectivity index (χ1v) is 22.4. The van der Waals surface area contributed by atoms with Crippen molar-refractivity contribution in [3.05, 3.63) is 106 Å². The average molecular weight is 866 g/mol. The van der Waals surface area contributed by atoms with Crippen LogP contribution in [0.1, 0.15) is 101 Å². The van der Waals surface area contributed by atoms with Gasteiger partial charge in [0, 0.05) is 81.2 Å². The third kappa shape index (κ3) is 14.0. The van der Waals surface area contributed by atoms with Crippen molar-refractivity contribution in [1.29, 1.82) is 0 Å². The Morgan fingerprint density at radius 1 is 1.02 bits per heavy atom. The Kier molecular flexibility index (Phi) is 18.7. The lowest BCUT2D eigenvalue weighted by atomic mass is 9.99. The van der Waals surface area contributed by atoms with Crippen LogP contribution in [0.15, 0.2) is 93.6 Å². The third-order valence-corrected chi connectivity index (χ3v) is 11.6. The Bertz CT molecular complexity index is 2090. The van der Waals surface area contributed by atoms with Crippen molar-refractivity contribution in [2.45, 2.75) is 111 Å². The summed E-state index contributed by atoms with van der Waals surface area (Å²) in [6, 6.07) is 20.1. The number of nitrogens with zero attached hydrogens (tertiary/aromatic N) is 4. The second-order valence-electron chi connectivity index (χ2n) is 17.4. The number of aliphatic imine (C=N–C) groups is 2. The topological polar surface area (TPSA) is 120 Å². The average Bonchev–Trinajstić information content (AvgIpc) is 3.62. The van der Waals surface area contributed by atoms with E-state index in [1.165, 1.54) is 11.1 Å². The van der Waals surface area contributed by atoms with Gasteiger partial charge in [0.1, 0.15) is 5.75 Å². The van der Waals surface area contributed by atoms with Gasteiger partial charge in [-0.1, -0.05) is 49.3 Å². The van der Waals surface area contributed by atoms with E-state index in [1.807, 2.05) is 61.4 Å². The lowest BCUT2D eigenvalue weighted by Crippen LogP contribution is -2.47. The quantitative estimate of drug-likeness (QED) is 0.0403. The Hall–Kier alpha value is -5.07. The molecule has 3 aromatic carbocycles. The molecule has 1 aliphatic rings. The van der Waals surface area contributed by atoms with Crippen LogP contribution in [0.2, 0.25) is 0 Å². The van der Waals surface area contributed by atoms with E-state index in [9.17, 15) is 9.59 Å². The number of hydrogen-bond donors (Lipinski definition) is 4. The maximum atomic E-state index is 14.1. The van der Waals surface area contributed by atoms with E-state index < -0.39 is 11.1 Å². The van der Waals surface area contributed by atoms with Crippen LogP contribution < -0.4 is 30.5 Å². The van der Waals surface area contributed by atoms with Gasteiger partial charge in [-0.3, -0.25) is 24.5 Å². The van der Waals surface area contributed by atoms with Crippen LogP contribution in [0, 0.1) is 0 Å². The number of benzene rings is 3. The second kappa shape index (κ2) is 23.4. The van der Waals surface area contributed by atoms with Gasteiger partial charge in [0.05, 0.1) is 43.1 Å². The van der Waals surface area contributed by atoms with Gasteiger partial charge in [0.25, 0.3) is 5.91 Å². The molecule has 3 N–H and O–H groups in total. The fourth-order valence-electron chi connectivity index (χ4n) is 7.51. The van der Waals surface area contributed by atoms with Gasteiger partial charge in [-0.05, 0) is 120 Å². The maximum Gasteiger partial charge on any atom is 0.259 e. The molecule has 0 spiro atoms. The summed E-state index contributed by atoms with van der Waals surface area (Å²) in [6.07, 6.45) is 7.78. The number of rotatable bonds is 24. The van der Waals surface area contributed by atoms with E-state index in [0.717, 1.165) is 58.7 Å². The molecule has 62 heavy (non-hydrogen) atoms. The minimum Gasteiger partial charge on any atom is -0.495 e. The first-order valence-electron chi connectivity index (χ1n) is 21.7. The number of ether oxygens (including phenoxy) is 2. The molecule has 4 rings (SSSR count). The number of carbonyl (C=O) groups is 2. The van der Waals surface area contributed by atoms with Gasteiger partial charge in [0.15, 0.2) is 0 Å². The number of para-hydroxylation sites is 1. The highest BCUT2D eigenvalue weighted by atomic mass is 32.1. The standard InChI is InChI=1S/C50H71N7O4S/c1-12-15-39(24-35(2)30-51-8)36(3)54-31-37-25-38(27-42(26-37)56(10)49(4,5)34-61-50(6,7)21-20-47(58)53-22-23-62)32-55-44-19-18-41(29-46(44)60-11)48(59)57-43(33-52-9)28-40-16-13-14-17-45(40)57/h13-14,16-19,24-27,29,33,43,54-55,62H,8,12,15,20-23,28,30-32,34H2,1-7,9-11H3,(H,53,58)/b35-24-,39-36+,52-33?. The van der Waals surface area contributed by atoms with Gasteiger partial charge < -0.3 is 30.3 Å². The van der Waals surface area contributed by atoms with Crippen LogP contribution in [-0.4, -0.2) is 88.6 Å². The van der Waals surface area contributed by atoms with Crippen molar-refractivity contribution >= 4 is 54.4 Å². The number of methoxy groups -OCH3 is 1. The fourth-order valence-corrected chi connectivity index (χ4v) is 7.62. The van der Waals surface area contributed by atoms with Crippen molar-refractivity contribution in [2.75, 3.05) is 61.8 Å². The summed E-state index contributed by atoms with van der Waals surface area (Å²) in [5.74, 6) is 1.10. The zero-order chi connectivity index (χ0) is 45.5. The molecule has 1 unspecified atom stereocenters. The zero-order valence-corrected chi connectivity index (χ0v) is 39.8. The molecule has 3 aromatic rings. The van der Waals surface area contributed by atoms with E-state index in [1.54, 1.807) is 14.2 Å². The van der Waals surface area contributed by atoms with Crippen molar-refractivity contribution in [3.63, 3.8) is 0 Å². The number of hydrogen-bond acceptors (Lipinski definition) is 10. The zero-order valence-electron chi connectivity index (χ0n) is 38.9. The van der Waals surface area contributed by atoms with Crippen LogP contribution >= 0.6 is 12.6 Å². The molecule has 1 aliphatic heterocycles. The number of thiol groups is 1. The summed E-state index contributed by atoms with van der Waals surface area (Å²) in [6.45, 7) is 21.3. The molecule has 11 nitrogen and oxygen atoms in total. The molecule has 12 heteroatoms. The van der Waals surface area contributed by atoms with Crippen LogP contribution in [-0.2, 0) is 29.0 Å². The summed E-state index contributed by atoms with van der Waals surface area (Å²) in [5, 5.41) is 10.2. The minimum atomic E-state index is -0.491. The van der Waals surface area contributed by atoms with E-state index in [-0.39, 0.29) is 17.9 Å². The molecule has 1 atom stereocenters. The summed E-state index contributed by atoms with van der Waals surface area (Å²) in [7, 11) is 5.47. The van der Waals surface area contributed by atoms with E-state index in [0.29, 0.717) is 62.7 Å². The van der Waals surface area contributed by atoms with Crippen molar-refractivity contribution in [3.8, 4) is 5.75 Å². The van der Waals surface area contributed by atoms with Crippen molar-refractivity contribution in [2.24, 2.45) is 9.98 Å². The third-order valence-electron chi connectivity index (χ3n) is 11.4. The summed E-state index contributed by atoms with van der Waals surface area (Å²) < 4.78 is 12.4. The normalized spacial score (nSPS) is 14.7. The van der Waals surface area contributed by atoms with Crippen molar-refractivity contribution < 1.29 is 19.1 Å². The Morgan fingerprint density at radius 3 is 2.42 bits per heavy atom. The maximum absolute atomic E-state index is 14.1. The highest BCUT2D eigenvalue weighted by Gasteiger charge is 2.34. The van der Waals surface area contributed by atoms with Crippen LogP contribution in [0.5, 0.6) is 5.75 Å². The van der Waals surface area contributed by atoms with E-state index in [2.05, 4.69) is 122 Å². The number of fused-ring (bicyclic) bond motifs is 1. The molecule has 0 bridgehead atoms. The first kappa shape index (κ1) is 49.6. The number of amides is 2. The molecular formula is C50H71N7O4S. The number of likely N-dealkylation sites (N-methyl/N-ethyl adjacent to an activating group) is 1. The number of nitrogens with one attached hydrogen (secondary N) is 3. The number of carbonyl (C=O) groups excluding carboxylic acids is 2. The lowest BCUT2D eigenvalue weighted by Gasteiger charge is -2.40. The Balaban J connectivity index is 1.60. The number of allylic oxidation sites excluding steroid dienone is 3. The van der Waals surface area contributed by atoms with Gasteiger partial charge >= 0.3 is 0 Å². The highest BCUT2D eigenvalue weighted by molar-refractivity contribution is 7.80. The van der Waals surface area contributed by atoms with Crippen LogP contribution in [0.25, 0.3) is 0 Å². The Morgan fingerprint density at radius 2 is 1.74 bits per heavy atom. The molecule has 2 amide bonds. The van der Waals surface area contributed by atoms with E-state index >= 15 is 0 Å². The first-order chi connectivity index (χ1) is 29.6. The molecule has 0 aromatic heterocycles. The minimum absolute atomic E-state index is 0.0109. The molecule has 0 fully saturated rings. The molecule has 0 radical (unpaired) electrons. The van der Waals surface area contributed by atoms with Crippen molar-refractivity contribution in [1.82, 2.24) is 10.6 Å². The van der Waals surface area contributed by atoms with Crippen LogP contribution in [0.3, 0.4) is 0 Å². The summed E-state index contributed by atoms with van der Waals surface area (Å²) in [5.41, 5.74) is 9.30. The molecule has 336 valence electrons. The smallest absolute Gasteiger partial charge is 0.259 e. The lowest BCUT2D eigenvalue weighted by molar-refractivity contribution is -0.123. The number of anilines is 3. The second-order valence-corrected chi connectivity index (χ2v) is 17.8. The summed E-state index contributed by atoms with van der Waals surface area (Å²) >= 11 is 4.19. The molecule has 0 saturated carbocycles. The summed E-state index contributed by atoms with van der Waals surface area (Å²) in [4.78, 5) is 38.8. The fraction of sp³-hybridized carbons (Fsp3) is 0.480. The van der Waals surface area contributed by atoms with Crippen LogP contribution in [0.4, 0.5) is 17.1 Å². The van der Waals surface area contributed by atoms with Gasteiger partial charge in [-0.2, -0.15) is 12.6 Å². The monoisotopic (exact) mass is 866 g/mol. The van der Waals surface area contributed by atoms with E-state index in [4.69, 9.17) is 9.47 Å². The van der Waals surface area contributed by atoms with Gasteiger partial charge in [-0.25, -0.2) is 0 Å². The Labute approximate surface area is 377 Å². The van der Waals surface area contributed by atoms with Gasteiger partial charge in [0.2, 0.25) is 5.91 Å². The molecular weight excluding hydrogens is 795 g/mol. The van der Waals surface area contributed by atoms with Gasteiger partial charge in [-0.15, -0.1) is 0 Å². The SMILES string of the molecule is C=NC/C(C)=C\C(CCC)=C(/C)NCc1cc(CNc2ccc(C(=O)N3c4ccccc4CC3C=NC)cc2OC)cc(N(C)C(C)(C)COC(C)(C)CCC(=O)NCCS)c1. The molecule has 1 heterocycles.